The van der Waals surface area contributed by atoms with Gasteiger partial charge in [-0.2, -0.15) is 0 Å². The third-order valence-electron chi connectivity index (χ3n) is 11.8. The number of unbranched alkanes of at least 4 members (excludes halogenated alkanes) is 29. The number of carbonyl (C=O) groups excluding carboxylic acids is 3. The van der Waals surface area contributed by atoms with Crippen molar-refractivity contribution in [1.29, 1.82) is 0 Å². The average molecular weight is 807 g/mol. The third kappa shape index (κ3) is 43.8. The molecule has 0 saturated carbocycles. The summed E-state index contributed by atoms with van der Waals surface area (Å²) in [4.78, 5) is 37.8. The Morgan fingerprint density at radius 3 is 1.00 bits per heavy atom. The molecule has 0 aromatic heterocycles. The topological polar surface area (TPSA) is 78.9 Å². The number of ether oxygens (including phenoxy) is 3. The van der Waals surface area contributed by atoms with Gasteiger partial charge in [-0.05, 0) is 31.1 Å². The number of esters is 3. The van der Waals surface area contributed by atoms with E-state index in [4.69, 9.17) is 14.2 Å². The molecule has 0 aliphatic carbocycles. The van der Waals surface area contributed by atoms with Crippen LogP contribution in [-0.4, -0.2) is 37.2 Å². The van der Waals surface area contributed by atoms with E-state index in [0.29, 0.717) is 19.3 Å². The molecule has 338 valence electrons. The van der Waals surface area contributed by atoms with E-state index in [1.165, 1.54) is 167 Å². The lowest BCUT2D eigenvalue weighted by atomic mass is 9.99. The second-order valence-corrected chi connectivity index (χ2v) is 18.2. The molecule has 0 aliphatic heterocycles. The Labute approximate surface area is 355 Å². The Morgan fingerprint density at radius 2 is 0.667 bits per heavy atom. The van der Waals surface area contributed by atoms with Gasteiger partial charge in [-0.15, -0.1) is 0 Å². The van der Waals surface area contributed by atoms with Crippen LogP contribution in [0.2, 0.25) is 0 Å². The summed E-state index contributed by atoms with van der Waals surface area (Å²) in [6.07, 6.45) is 43.7. The van der Waals surface area contributed by atoms with Crippen molar-refractivity contribution >= 4 is 17.9 Å². The predicted molar refractivity (Wildman–Crippen MR) is 243 cm³/mol. The zero-order valence-corrected chi connectivity index (χ0v) is 39.0. The molecule has 0 bridgehead atoms. The van der Waals surface area contributed by atoms with Crippen LogP contribution in [0.4, 0.5) is 0 Å². The lowest BCUT2D eigenvalue weighted by molar-refractivity contribution is -0.167. The second kappa shape index (κ2) is 44.0. The molecule has 1 unspecified atom stereocenters. The second-order valence-electron chi connectivity index (χ2n) is 18.2. The zero-order chi connectivity index (χ0) is 41.9. The molecule has 0 amide bonds. The summed E-state index contributed by atoms with van der Waals surface area (Å²) < 4.78 is 16.8. The highest BCUT2D eigenvalue weighted by Gasteiger charge is 2.19. The van der Waals surface area contributed by atoms with Crippen LogP contribution in [-0.2, 0) is 28.6 Å². The smallest absolute Gasteiger partial charge is 0.306 e. The van der Waals surface area contributed by atoms with Crippen molar-refractivity contribution in [2.45, 2.75) is 285 Å². The Kier molecular flexibility index (Phi) is 42.7. The lowest BCUT2D eigenvalue weighted by Gasteiger charge is -2.18. The molecule has 0 fully saturated rings. The summed E-state index contributed by atoms with van der Waals surface area (Å²) in [5.41, 5.74) is 0. The van der Waals surface area contributed by atoms with E-state index in [1.54, 1.807) is 0 Å². The fourth-order valence-corrected chi connectivity index (χ4v) is 7.60. The van der Waals surface area contributed by atoms with Gasteiger partial charge in [-0.3, -0.25) is 14.4 Å². The van der Waals surface area contributed by atoms with Crippen LogP contribution >= 0.6 is 0 Å². The van der Waals surface area contributed by atoms with E-state index in [2.05, 4.69) is 34.6 Å². The average Bonchev–Trinajstić information content (AvgIpc) is 3.19. The lowest BCUT2D eigenvalue weighted by Crippen LogP contribution is -2.30. The first kappa shape index (κ1) is 55.4. The van der Waals surface area contributed by atoms with Crippen molar-refractivity contribution < 1.29 is 28.6 Å². The number of carbonyl (C=O) groups is 3. The van der Waals surface area contributed by atoms with Crippen LogP contribution in [0.15, 0.2) is 0 Å². The quantitative estimate of drug-likeness (QED) is 0.0346. The van der Waals surface area contributed by atoms with Gasteiger partial charge >= 0.3 is 17.9 Å². The van der Waals surface area contributed by atoms with Crippen molar-refractivity contribution in [3.8, 4) is 0 Å². The molecular formula is C51H98O6. The van der Waals surface area contributed by atoms with Gasteiger partial charge in [-0.1, -0.05) is 240 Å². The first-order valence-electron chi connectivity index (χ1n) is 25.3. The normalized spacial score (nSPS) is 12.5. The zero-order valence-electron chi connectivity index (χ0n) is 39.0. The van der Waals surface area contributed by atoms with Crippen molar-refractivity contribution in [3.05, 3.63) is 0 Å². The van der Waals surface area contributed by atoms with Crippen molar-refractivity contribution in [2.75, 3.05) is 13.2 Å². The van der Waals surface area contributed by atoms with E-state index in [0.717, 1.165) is 69.6 Å². The number of rotatable bonds is 45. The van der Waals surface area contributed by atoms with Gasteiger partial charge in [0.15, 0.2) is 6.10 Å². The molecule has 6 nitrogen and oxygen atoms in total. The van der Waals surface area contributed by atoms with Gasteiger partial charge in [-0.25, -0.2) is 0 Å². The van der Waals surface area contributed by atoms with E-state index in [-0.39, 0.29) is 31.1 Å². The molecule has 0 rings (SSSR count). The Morgan fingerprint density at radius 1 is 0.368 bits per heavy atom. The van der Waals surface area contributed by atoms with Gasteiger partial charge in [0.25, 0.3) is 0 Å². The molecule has 6 heteroatoms. The highest BCUT2D eigenvalue weighted by molar-refractivity contribution is 5.71. The van der Waals surface area contributed by atoms with Crippen molar-refractivity contribution in [1.82, 2.24) is 0 Å². The maximum Gasteiger partial charge on any atom is 0.306 e. The van der Waals surface area contributed by atoms with Crippen molar-refractivity contribution in [2.24, 2.45) is 11.8 Å². The molecular weight excluding hydrogens is 709 g/mol. The highest BCUT2D eigenvalue weighted by Crippen LogP contribution is 2.18. The van der Waals surface area contributed by atoms with Crippen molar-refractivity contribution in [3.63, 3.8) is 0 Å². The van der Waals surface area contributed by atoms with Crippen LogP contribution in [0.5, 0.6) is 0 Å². The maximum absolute atomic E-state index is 12.8. The van der Waals surface area contributed by atoms with E-state index < -0.39 is 6.10 Å². The molecule has 0 saturated heterocycles. The minimum atomic E-state index is -0.761. The molecule has 0 aromatic rings. The van der Waals surface area contributed by atoms with Crippen LogP contribution < -0.4 is 0 Å². The summed E-state index contributed by atoms with van der Waals surface area (Å²) in [5.74, 6) is 0.855. The summed E-state index contributed by atoms with van der Waals surface area (Å²) in [7, 11) is 0. The molecule has 57 heavy (non-hydrogen) atoms. The predicted octanol–water partition coefficient (Wildman–Crippen LogP) is 16.1. The number of hydrogen-bond donors (Lipinski definition) is 0. The van der Waals surface area contributed by atoms with E-state index in [1.807, 2.05) is 0 Å². The molecule has 0 N–H and O–H groups in total. The first-order chi connectivity index (χ1) is 27.8. The Balaban J connectivity index is 4.28. The summed E-state index contributed by atoms with van der Waals surface area (Å²) in [6, 6.07) is 0. The first-order valence-corrected chi connectivity index (χ1v) is 25.3. The fraction of sp³-hybridized carbons (Fsp3) is 0.941. The van der Waals surface area contributed by atoms with E-state index in [9.17, 15) is 14.4 Å². The van der Waals surface area contributed by atoms with Gasteiger partial charge in [0, 0.05) is 19.3 Å². The van der Waals surface area contributed by atoms with Gasteiger partial charge < -0.3 is 14.2 Å². The summed E-state index contributed by atoms with van der Waals surface area (Å²) in [6.45, 7) is 11.4. The molecule has 0 heterocycles. The van der Waals surface area contributed by atoms with Gasteiger partial charge in [0.1, 0.15) is 13.2 Å². The summed E-state index contributed by atoms with van der Waals surface area (Å²) >= 11 is 0. The maximum atomic E-state index is 12.8. The largest absolute Gasteiger partial charge is 0.462 e. The monoisotopic (exact) mass is 807 g/mol. The van der Waals surface area contributed by atoms with Crippen LogP contribution in [0.1, 0.15) is 279 Å². The molecule has 0 spiro atoms. The minimum Gasteiger partial charge on any atom is -0.462 e. The molecule has 0 aliphatic rings. The number of hydrogen-bond acceptors (Lipinski definition) is 6. The Hall–Kier alpha value is -1.59. The van der Waals surface area contributed by atoms with Crippen LogP contribution in [0.3, 0.4) is 0 Å². The SMILES string of the molecule is CCCCCCCCCCCC(=O)OC[C@@H](COC(=O)CCCCCCCCCCCCCCCC(C)C)OC(=O)CCCCCCCCCCCCC(C)CC. The van der Waals surface area contributed by atoms with Gasteiger partial charge in [0.2, 0.25) is 0 Å². The fourth-order valence-electron chi connectivity index (χ4n) is 7.60. The highest BCUT2D eigenvalue weighted by atomic mass is 16.6. The molecule has 2 atom stereocenters. The molecule has 0 radical (unpaired) electrons. The van der Waals surface area contributed by atoms with Gasteiger partial charge in [0.05, 0.1) is 0 Å². The Bertz CT molecular complexity index is 872. The van der Waals surface area contributed by atoms with Crippen LogP contribution in [0.25, 0.3) is 0 Å². The minimum absolute atomic E-state index is 0.0640. The molecule has 0 aromatic carbocycles. The standard InChI is InChI=1S/C51H98O6/c1-6-8-9-10-11-19-26-31-36-41-49(52)55-44-48(57-51(54)43-38-33-28-23-18-17-21-25-30-35-40-47(5)7-2)45-56-50(53)42-37-32-27-22-16-14-12-13-15-20-24-29-34-39-46(3)4/h46-48H,6-45H2,1-5H3/t47?,48-/m0/s1. The van der Waals surface area contributed by atoms with Crippen LogP contribution in [0, 0.1) is 11.8 Å². The summed E-state index contributed by atoms with van der Waals surface area (Å²) in [5, 5.41) is 0. The van der Waals surface area contributed by atoms with E-state index >= 15 is 0 Å². The third-order valence-corrected chi connectivity index (χ3v) is 11.8.